The van der Waals surface area contributed by atoms with Crippen LogP contribution in [0.15, 0.2) is 45.8 Å². The standard InChI is InChI=1S/C22H21BrN2O7S/c1-3-31-18-10-15(11-20-21(26)24(7-8-30-2)22(27)33-20)17(23)12-19(18)32-13-14-5-4-6-16(9-14)25(28)29/h4-6,9-12H,3,7-8,13H2,1-2H3/b20-11+. The van der Waals surface area contributed by atoms with Crippen molar-refractivity contribution in [2.24, 2.45) is 0 Å². The van der Waals surface area contributed by atoms with Crippen LogP contribution in [0.4, 0.5) is 10.5 Å². The van der Waals surface area contributed by atoms with E-state index >= 15 is 0 Å². The van der Waals surface area contributed by atoms with E-state index in [4.69, 9.17) is 14.2 Å². The van der Waals surface area contributed by atoms with E-state index < -0.39 is 4.92 Å². The number of methoxy groups -OCH3 is 1. The number of thioether (sulfide) groups is 1. The van der Waals surface area contributed by atoms with E-state index in [-0.39, 0.29) is 36.6 Å². The zero-order valence-corrected chi connectivity index (χ0v) is 20.3. The molecule has 0 aliphatic carbocycles. The van der Waals surface area contributed by atoms with Gasteiger partial charge in [-0.15, -0.1) is 0 Å². The molecule has 0 radical (unpaired) electrons. The Morgan fingerprint density at radius 3 is 2.64 bits per heavy atom. The second-order valence-corrected chi connectivity index (χ2v) is 8.64. The fourth-order valence-electron chi connectivity index (χ4n) is 2.98. The lowest BCUT2D eigenvalue weighted by Crippen LogP contribution is -2.31. The van der Waals surface area contributed by atoms with Gasteiger partial charge in [0.25, 0.3) is 16.8 Å². The average molecular weight is 537 g/mol. The summed E-state index contributed by atoms with van der Waals surface area (Å²) in [6.07, 6.45) is 1.62. The van der Waals surface area contributed by atoms with Gasteiger partial charge in [0.15, 0.2) is 11.5 Å². The molecule has 2 aromatic rings. The van der Waals surface area contributed by atoms with E-state index in [1.165, 1.54) is 19.2 Å². The van der Waals surface area contributed by atoms with E-state index in [1.807, 2.05) is 6.92 Å². The number of imide groups is 1. The molecule has 9 nitrogen and oxygen atoms in total. The number of carbonyl (C=O) groups is 2. The van der Waals surface area contributed by atoms with Crippen molar-refractivity contribution < 1.29 is 28.7 Å². The molecule has 11 heteroatoms. The third kappa shape index (κ3) is 6.12. The lowest BCUT2D eigenvalue weighted by atomic mass is 10.1. The fourth-order valence-corrected chi connectivity index (χ4v) is 4.27. The Morgan fingerprint density at radius 2 is 1.94 bits per heavy atom. The molecule has 0 bridgehead atoms. The minimum absolute atomic E-state index is 0.0166. The highest BCUT2D eigenvalue weighted by molar-refractivity contribution is 9.10. The molecule has 1 aliphatic heterocycles. The molecule has 0 atom stereocenters. The van der Waals surface area contributed by atoms with Crippen molar-refractivity contribution in [2.75, 3.05) is 26.9 Å². The minimum atomic E-state index is -0.461. The molecule has 1 aliphatic rings. The number of ether oxygens (including phenoxy) is 3. The van der Waals surface area contributed by atoms with E-state index in [0.717, 1.165) is 16.7 Å². The minimum Gasteiger partial charge on any atom is -0.490 e. The summed E-state index contributed by atoms with van der Waals surface area (Å²) in [6, 6.07) is 9.60. The molecule has 0 saturated carbocycles. The van der Waals surface area contributed by atoms with Crippen LogP contribution in [0.1, 0.15) is 18.1 Å². The number of nitrogens with zero attached hydrogens (tertiary/aromatic N) is 2. The first kappa shape index (κ1) is 24.7. The number of non-ortho nitro benzene ring substituents is 1. The first-order valence-corrected chi connectivity index (χ1v) is 11.5. The van der Waals surface area contributed by atoms with Crippen LogP contribution in [-0.2, 0) is 16.1 Å². The fraction of sp³-hybridized carbons (Fsp3) is 0.273. The van der Waals surface area contributed by atoms with Gasteiger partial charge >= 0.3 is 0 Å². The molecule has 0 unspecified atom stereocenters. The molecule has 1 heterocycles. The summed E-state index contributed by atoms with van der Waals surface area (Å²) in [5, 5.41) is 10.6. The molecule has 33 heavy (non-hydrogen) atoms. The Balaban J connectivity index is 1.83. The van der Waals surface area contributed by atoms with Gasteiger partial charge in [-0.2, -0.15) is 0 Å². The van der Waals surface area contributed by atoms with E-state index in [2.05, 4.69) is 15.9 Å². The van der Waals surface area contributed by atoms with Crippen molar-refractivity contribution in [3.8, 4) is 11.5 Å². The molecule has 1 fully saturated rings. The largest absolute Gasteiger partial charge is 0.490 e. The van der Waals surface area contributed by atoms with Crippen LogP contribution in [-0.4, -0.2) is 47.8 Å². The van der Waals surface area contributed by atoms with Crippen LogP contribution in [0.3, 0.4) is 0 Å². The number of nitro benzene ring substituents is 1. The second-order valence-electron chi connectivity index (χ2n) is 6.80. The number of nitro groups is 1. The molecule has 3 rings (SSSR count). The van der Waals surface area contributed by atoms with Gasteiger partial charge in [-0.3, -0.25) is 24.6 Å². The SMILES string of the molecule is CCOc1cc(/C=C2/SC(=O)N(CCOC)C2=O)c(Br)cc1OCc1cccc([N+](=O)[O-])c1. The highest BCUT2D eigenvalue weighted by atomic mass is 79.9. The summed E-state index contributed by atoms with van der Waals surface area (Å²) < 4.78 is 17.2. The van der Waals surface area contributed by atoms with Crippen LogP contribution in [0, 0.1) is 10.1 Å². The summed E-state index contributed by atoms with van der Waals surface area (Å²) in [5.74, 6) is 0.495. The maximum absolute atomic E-state index is 12.6. The van der Waals surface area contributed by atoms with Crippen molar-refractivity contribution in [3.63, 3.8) is 0 Å². The van der Waals surface area contributed by atoms with Crippen LogP contribution in [0.5, 0.6) is 11.5 Å². The summed E-state index contributed by atoms with van der Waals surface area (Å²) in [5.41, 5.74) is 1.26. The number of hydrogen-bond donors (Lipinski definition) is 0. The van der Waals surface area contributed by atoms with Gasteiger partial charge in [-0.25, -0.2) is 0 Å². The van der Waals surface area contributed by atoms with Gasteiger partial charge < -0.3 is 14.2 Å². The van der Waals surface area contributed by atoms with Crippen LogP contribution in [0.2, 0.25) is 0 Å². The van der Waals surface area contributed by atoms with Crippen molar-refractivity contribution in [3.05, 3.63) is 67.0 Å². The molecule has 1 saturated heterocycles. The molecular formula is C22H21BrN2O7S. The molecule has 0 spiro atoms. The number of halogens is 1. The third-order valence-corrected chi connectivity index (χ3v) is 6.15. The summed E-state index contributed by atoms with van der Waals surface area (Å²) in [6.45, 7) is 2.76. The lowest BCUT2D eigenvalue weighted by Gasteiger charge is -2.14. The van der Waals surface area contributed by atoms with Crippen molar-refractivity contribution in [1.29, 1.82) is 0 Å². The number of carbonyl (C=O) groups excluding carboxylic acids is 2. The van der Waals surface area contributed by atoms with E-state index in [1.54, 1.807) is 30.3 Å². The molecule has 0 aromatic heterocycles. The zero-order valence-electron chi connectivity index (χ0n) is 17.9. The third-order valence-electron chi connectivity index (χ3n) is 4.56. The Morgan fingerprint density at radius 1 is 1.18 bits per heavy atom. The first-order valence-electron chi connectivity index (χ1n) is 9.90. The highest BCUT2D eigenvalue weighted by Crippen LogP contribution is 2.38. The Kier molecular flexibility index (Phi) is 8.48. The predicted molar refractivity (Wildman–Crippen MR) is 127 cm³/mol. The molecule has 2 amide bonds. The maximum atomic E-state index is 12.6. The Hall–Kier alpha value is -2.89. The van der Waals surface area contributed by atoms with E-state index in [9.17, 15) is 19.7 Å². The second kappa shape index (κ2) is 11.3. The van der Waals surface area contributed by atoms with Crippen molar-refractivity contribution in [2.45, 2.75) is 13.5 Å². The Bertz CT molecular complexity index is 1110. The first-order chi connectivity index (χ1) is 15.8. The summed E-state index contributed by atoms with van der Waals surface area (Å²) in [7, 11) is 1.50. The summed E-state index contributed by atoms with van der Waals surface area (Å²) in [4.78, 5) is 36.7. The number of rotatable bonds is 10. The van der Waals surface area contributed by atoms with Gasteiger partial charge in [0.1, 0.15) is 6.61 Å². The van der Waals surface area contributed by atoms with Crippen LogP contribution < -0.4 is 9.47 Å². The van der Waals surface area contributed by atoms with Gasteiger partial charge in [-0.1, -0.05) is 28.1 Å². The van der Waals surface area contributed by atoms with E-state index in [0.29, 0.717) is 38.6 Å². The number of hydrogen-bond acceptors (Lipinski definition) is 8. The number of amides is 2. The van der Waals surface area contributed by atoms with Gasteiger partial charge in [0.2, 0.25) is 0 Å². The predicted octanol–water partition coefficient (Wildman–Crippen LogP) is 5.02. The quantitative estimate of drug-likeness (QED) is 0.236. The zero-order chi connectivity index (χ0) is 24.0. The number of benzene rings is 2. The molecule has 2 aromatic carbocycles. The van der Waals surface area contributed by atoms with Crippen molar-refractivity contribution in [1.82, 2.24) is 4.90 Å². The van der Waals surface area contributed by atoms with Crippen molar-refractivity contribution >= 4 is 50.6 Å². The average Bonchev–Trinajstić information content (AvgIpc) is 3.05. The van der Waals surface area contributed by atoms with Gasteiger partial charge in [-0.05, 0) is 48.0 Å². The monoisotopic (exact) mass is 536 g/mol. The molecular weight excluding hydrogens is 516 g/mol. The summed E-state index contributed by atoms with van der Waals surface area (Å²) >= 11 is 4.35. The lowest BCUT2D eigenvalue weighted by molar-refractivity contribution is -0.384. The maximum Gasteiger partial charge on any atom is 0.293 e. The Labute approximate surface area is 203 Å². The smallest absolute Gasteiger partial charge is 0.293 e. The normalized spacial score (nSPS) is 14.8. The van der Waals surface area contributed by atoms with Crippen LogP contribution in [0.25, 0.3) is 6.08 Å². The molecule has 174 valence electrons. The van der Waals surface area contributed by atoms with Crippen LogP contribution >= 0.6 is 27.7 Å². The highest BCUT2D eigenvalue weighted by Gasteiger charge is 2.34. The topological polar surface area (TPSA) is 108 Å². The van der Waals surface area contributed by atoms with Gasteiger partial charge in [0, 0.05) is 23.7 Å². The molecule has 0 N–H and O–H groups in total. The van der Waals surface area contributed by atoms with Gasteiger partial charge in [0.05, 0.1) is 29.6 Å².